The van der Waals surface area contributed by atoms with Crippen molar-refractivity contribution in [1.82, 2.24) is 10.2 Å². The molecule has 1 heterocycles. The zero-order valence-electron chi connectivity index (χ0n) is 11.8. The summed E-state index contributed by atoms with van der Waals surface area (Å²) in [7, 11) is 0. The Hall–Kier alpha value is -0.860. The molecular weight excluding hydrogens is 220 g/mol. The highest BCUT2D eigenvalue weighted by molar-refractivity contribution is 5.25. The molecule has 1 unspecified atom stereocenters. The third kappa shape index (κ3) is 4.11. The predicted molar refractivity (Wildman–Crippen MR) is 78.0 cm³/mol. The van der Waals surface area contributed by atoms with Gasteiger partial charge in [-0.2, -0.15) is 0 Å². The monoisotopic (exact) mass is 246 g/mol. The molecule has 0 aromatic heterocycles. The Morgan fingerprint density at radius 2 is 2.17 bits per heavy atom. The van der Waals surface area contributed by atoms with E-state index >= 15 is 0 Å². The van der Waals surface area contributed by atoms with E-state index in [1.807, 2.05) is 0 Å². The summed E-state index contributed by atoms with van der Waals surface area (Å²) in [5.41, 5.74) is 2.93. The molecule has 2 nitrogen and oxygen atoms in total. The van der Waals surface area contributed by atoms with Gasteiger partial charge in [-0.15, -0.1) is 0 Å². The maximum atomic E-state index is 3.51. The van der Waals surface area contributed by atoms with Gasteiger partial charge in [-0.25, -0.2) is 0 Å². The second-order valence-corrected chi connectivity index (χ2v) is 5.64. The molecule has 2 heteroatoms. The second kappa shape index (κ2) is 6.91. The Balaban J connectivity index is 1.86. The first kappa shape index (κ1) is 13.6. The van der Waals surface area contributed by atoms with Crippen molar-refractivity contribution in [3.05, 3.63) is 35.4 Å². The number of nitrogens with one attached hydrogen (secondary N) is 1. The normalized spacial score (nSPS) is 22.4. The van der Waals surface area contributed by atoms with Crippen LogP contribution in [-0.4, -0.2) is 37.6 Å². The zero-order chi connectivity index (χ0) is 12.8. The molecule has 1 aromatic carbocycles. The minimum atomic E-state index is 0.766. The molecule has 1 saturated heterocycles. The van der Waals surface area contributed by atoms with Crippen molar-refractivity contribution in [2.75, 3.05) is 32.7 Å². The summed E-state index contributed by atoms with van der Waals surface area (Å²) >= 11 is 0. The van der Waals surface area contributed by atoms with Gasteiger partial charge in [0.15, 0.2) is 0 Å². The molecule has 1 aliphatic heterocycles. The van der Waals surface area contributed by atoms with Crippen molar-refractivity contribution < 1.29 is 0 Å². The molecule has 100 valence electrons. The molecule has 0 amide bonds. The number of rotatable bonds is 3. The number of benzene rings is 1. The van der Waals surface area contributed by atoms with E-state index in [9.17, 15) is 0 Å². The molecule has 1 N–H and O–H groups in total. The third-order valence-corrected chi connectivity index (χ3v) is 3.85. The number of aryl methyl sites for hydroxylation is 1. The molecule has 1 aliphatic rings. The van der Waals surface area contributed by atoms with Crippen molar-refractivity contribution in [1.29, 1.82) is 0 Å². The van der Waals surface area contributed by atoms with E-state index < -0.39 is 0 Å². The van der Waals surface area contributed by atoms with E-state index in [1.54, 1.807) is 0 Å². The van der Waals surface area contributed by atoms with Crippen molar-refractivity contribution in [2.24, 2.45) is 5.92 Å². The highest BCUT2D eigenvalue weighted by Crippen LogP contribution is 2.10. The van der Waals surface area contributed by atoms with Gasteiger partial charge in [0.1, 0.15) is 0 Å². The van der Waals surface area contributed by atoms with Crippen LogP contribution in [0.15, 0.2) is 24.3 Å². The second-order valence-electron chi connectivity index (χ2n) is 5.64. The Morgan fingerprint density at radius 3 is 3.00 bits per heavy atom. The highest BCUT2D eigenvalue weighted by Gasteiger charge is 2.13. The van der Waals surface area contributed by atoms with Crippen LogP contribution in [-0.2, 0) is 6.42 Å². The summed E-state index contributed by atoms with van der Waals surface area (Å²) in [6.45, 7) is 10.6. The summed E-state index contributed by atoms with van der Waals surface area (Å²) in [5, 5.41) is 3.51. The molecule has 0 aliphatic carbocycles. The van der Waals surface area contributed by atoms with Crippen molar-refractivity contribution in [2.45, 2.75) is 26.7 Å². The average Bonchev–Trinajstić information content (AvgIpc) is 2.33. The predicted octanol–water partition coefficient (Wildman–Crippen LogP) is 2.47. The first-order valence-electron chi connectivity index (χ1n) is 7.23. The molecule has 0 radical (unpaired) electrons. The summed E-state index contributed by atoms with van der Waals surface area (Å²) in [4.78, 5) is 2.64. The lowest BCUT2D eigenvalue weighted by Gasteiger charge is -2.28. The SMILES string of the molecule is Cc1ccccc1CCN1CCCNCC(C)C1. The van der Waals surface area contributed by atoms with E-state index in [-0.39, 0.29) is 0 Å². The van der Waals surface area contributed by atoms with Crippen LogP contribution in [0.25, 0.3) is 0 Å². The summed E-state index contributed by atoms with van der Waals surface area (Å²) in [6, 6.07) is 8.77. The molecular formula is C16H26N2. The Bertz CT molecular complexity index is 362. The third-order valence-electron chi connectivity index (χ3n) is 3.85. The van der Waals surface area contributed by atoms with Crippen LogP contribution >= 0.6 is 0 Å². The van der Waals surface area contributed by atoms with Gasteiger partial charge in [-0.05, 0) is 56.4 Å². The summed E-state index contributed by atoms with van der Waals surface area (Å²) in [5.74, 6) is 0.766. The van der Waals surface area contributed by atoms with Crippen LogP contribution in [0.4, 0.5) is 0 Å². The molecule has 1 fully saturated rings. The minimum Gasteiger partial charge on any atom is -0.316 e. The lowest BCUT2D eigenvalue weighted by Crippen LogP contribution is -2.39. The number of hydrogen-bond donors (Lipinski definition) is 1. The van der Waals surface area contributed by atoms with Crippen LogP contribution in [0.2, 0.25) is 0 Å². The fraction of sp³-hybridized carbons (Fsp3) is 0.625. The first-order valence-corrected chi connectivity index (χ1v) is 7.23. The van der Waals surface area contributed by atoms with Crippen LogP contribution in [0.5, 0.6) is 0 Å². The average molecular weight is 246 g/mol. The van der Waals surface area contributed by atoms with Gasteiger partial charge in [-0.1, -0.05) is 31.2 Å². The standard InChI is InChI=1S/C16H26N2/c1-14-12-17-9-5-10-18(13-14)11-8-16-7-4-3-6-15(16)2/h3-4,6-7,14,17H,5,8-13H2,1-2H3. The van der Waals surface area contributed by atoms with Gasteiger partial charge < -0.3 is 10.2 Å². The van der Waals surface area contributed by atoms with Crippen LogP contribution in [0.1, 0.15) is 24.5 Å². The van der Waals surface area contributed by atoms with E-state index in [0.29, 0.717) is 0 Å². The van der Waals surface area contributed by atoms with Crippen LogP contribution in [0.3, 0.4) is 0 Å². The maximum Gasteiger partial charge on any atom is 0.00221 e. The van der Waals surface area contributed by atoms with Crippen LogP contribution < -0.4 is 5.32 Å². The van der Waals surface area contributed by atoms with E-state index in [1.165, 1.54) is 56.7 Å². The zero-order valence-corrected chi connectivity index (χ0v) is 11.8. The first-order chi connectivity index (χ1) is 8.75. The minimum absolute atomic E-state index is 0.766. The largest absolute Gasteiger partial charge is 0.316 e. The molecule has 0 saturated carbocycles. The lowest BCUT2D eigenvalue weighted by atomic mass is 10.0. The van der Waals surface area contributed by atoms with Gasteiger partial charge in [0.05, 0.1) is 0 Å². The van der Waals surface area contributed by atoms with E-state index in [2.05, 4.69) is 48.3 Å². The molecule has 18 heavy (non-hydrogen) atoms. The number of nitrogens with zero attached hydrogens (tertiary/aromatic N) is 1. The van der Waals surface area contributed by atoms with Gasteiger partial charge in [0.25, 0.3) is 0 Å². The van der Waals surface area contributed by atoms with Crippen molar-refractivity contribution >= 4 is 0 Å². The van der Waals surface area contributed by atoms with Crippen LogP contribution in [0, 0.1) is 12.8 Å². The summed E-state index contributed by atoms with van der Waals surface area (Å²) < 4.78 is 0. The molecule has 0 bridgehead atoms. The van der Waals surface area contributed by atoms with E-state index in [4.69, 9.17) is 0 Å². The molecule has 1 aromatic rings. The Kier molecular flexibility index (Phi) is 5.21. The van der Waals surface area contributed by atoms with Crippen molar-refractivity contribution in [3.63, 3.8) is 0 Å². The Labute approximate surface area is 111 Å². The van der Waals surface area contributed by atoms with Gasteiger partial charge >= 0.3 is 0 Å². The highest BCUT2D eigenvalue weighted by atomic mass is 15.1. The number of hydrogen-bond acceptors (Lipinski definition) is 2. The van der Waals surface area contributed by atoms with Gasteiger partial charge in [0.2, 0.25) is 0 Å². The molecule has 1 atom stereocenters. The molecule has 0 spiro atoms. The van der Waals surface area contributed by atoms with Gasteiger partial charge in [-0.3, -0.25) is 0 Å². The quantitative estimate of drug-likeness (QED) is 0.881. The fourth-order valence-corrected chi connectivity index (χ4v) is 2.74. The fourth-order valence-electron chi connectivity index (χ4n) is 2.74. The molecule has 2 rings (SSSR count). The van der Waals surface area contributed by atoms with Crippen molar-refractivity contribution in [3.8, 4) is 0 Å². The summed E-state index contributed by atoms with van der Waals surface area (Å²) in [6.07, 6.45) is 2.47. The smallest absolute Gasteiger partial charge is 0.00221 e. The maximum absolute atomic E-state index is 3.51. The Morgan fingerprint density at radius 1 is 1.33 bits per heavy atom. The van der Waals surface area contributed by atoms with Gasteiger partial charge in [0, 0.05) is 13.1 Å². The lowest BCUT2D eigenvalue weighted by molar-refractivity contribution is 0.218. The topological polar surface area (TPSA) is 15.3 Å². The van der Waals surface area contributed by atoms with E-state index in [0.717, 1.165) is 5.92 Å².